The fourth-order valence-corrected chi connectivity index (χ4v) is 5.87. The molecule has 0 radical (unpaired) electrons. The Balaban J connectivity index is 1.78. The van der Waals surface area contributed by atoms with Crippen LogP contribution in [0.3, 0.4) is 0 Å². The van der Waals surface area contributed by atoms with Crippen LogP contribution in [0, 0.1) is 18.3 Å². The van der Waals surface area contributed by atoms with E-state index in [0.717, 1.165) is 23.1 Å². The molecule has 2 heterocycles. The topological polar surface area (TPSA) is 88.8 Å². The third kappa shape index (κ3) is 5.50. The number of aromatic nitrogens is 1. The number of terminal acetylenes is 1. The van der Waals surface area contributed by atoms with Crippen LogP contribution in [0.25, 0.3) is 10.2 Å². The van der Waals surface area contributed by atoms with Gasteiger partial charge in [-0.05, 0) is 37.0 Å². The number of rotatable bonds is 5. The number of piperidine rings is 1. The number of halogens is 1. The summed E-state index contributed by atoms with van der Waals surface area (Å²) >= 11 is 7.21. The van der Waals surface area contributed by atoms with Crippen molar-refractivity contribution in [2.24, 2.45) is 10.9 Å². The van der Waals surface area contributed by atoms with Crippen LogP contribution in [0.4, 0.5) is 0 Å². The quantitative estimate of drug-likeness (QED) is 0.630. The molecule has 1 aromatic heterocycles. The number of hydrogen-bond acceptors (Lipinski definition) is 5. The number of amides is 2. The van der Waals surface area contributed by atoms with Crippen molar-refractivity contribution in [1.82, 2.24) is 9.47 Å². The third-order valence-corrected chi connectivity index (χ3v) is 7.46. The van der Waals surface area contributed by atoms with Crippen LogP contribution >= 0.6 is 22.9 Å². The molecule has 1 saturated heterocycles. The molecule has 1 fully saturated rings. The summed E-state index contributed by atoms with van der Waals surface area (Å²) in [5, 5.41) is 0.530. The lowest BCUT2D eigenvalue weighted by Crippen LogP contribution is -2.42. The van der Waals surface area contributed by atoms with Crippen LogP contribution in [-0.4, -0.2) is 54.3 Å². The highest BCUT2D eigenvalue weighted by Crippen LogP contribution is 2.22. The van der Waals surface area contributed by atoms with E-state index >= 15 is 0 Å². The van der Waals surface area contributed by atoms with E-state index in [2.05, 4.69) is 10.9 Å². The van der Waals surface area contributed by atoms with Gasteiger partial charge in [-0.3, -0.25) is 9.59 Å². The normalized spacial score (nSPS) is 17.8. The average molecular weight is 468 g/mol. The number of carbonyl (C=O) groups is 2. The molecule has 2 amide bonds. The van der Waals surface area contributed by atoms with Gasteiger partial charge in [-0.2, -0.15) is 4.99 Å². The Bertz CT molecular complexity index is 1190. The molecule has 0 aliphatic carbocycles. The first-order valence-electron chi connectivity index (χ1n) is 9.46. The molecule has 1 aliphatic heterocycles. The molecule has 1 aromatic carbocycles. The summed E-state index contributed by atoms with van der Waals surface area (Å²) in [5.41, 5.74) is 0.756. The minimum atomic E-state index is -3.93. The lowest BCUT2D eigenvalue weighted by Gasteiger charge is -2.30. The van der Waals surface area contributed by atoms with Crippen LogP contribution in [0.15, 0.2) is 23.2 Å². The first-order valence-corrected chi connectivity index (χ1v) is 12.5. The Morgan fingerprint density at radius 2 is 2.13 bits per heavy atom. The zero-order valence-electron chi connectivity index (χ0n) is 16.5. The number of sulfone groups is 1. The van der Waals surface area contributed by atoms with Crippen molar-refractivity contribution in [3.63, 3.8) is 0 Å². The number of fused-ring (bicyclic) bond motifs is 1. The summed E-state index contributed by atoms with van der Waals surface area (Å²) in [7, 11) is -3.93. The second-order valence-electron chi connectivity index (χ2n) is 7.41. The van der Waals surface area contributed by atoms with Crippen molar-refractivity contribution in [2.45, 2.75) is 26.3 Å². The molecule has 0 bridgehead atoms. The molecule has 160 valence electrons. The molecule has 30 heavy (non-hydrogen) atoms. The van der Waals surface area contributed by atoms with Gasteiger partial charge in [-0.25, -0.2) is 8.42 Å². The van der Waals surface area contributed by atoms with E-state index in [1.165, 1.54) is 11.3 Å². The van der Waals surface area contributed by atoms with Crippen molar-refractivity contribution in [1.29, 1.82) is 0 Å². The van der Waals surface area contributed by atoms with E-state index in [1.54, 1.807) is 27.7 Å². The summed E-state index contributed by atoms with van der Waals surface area (Å²) in [6.07, 6.45) is 7.29. The minimum absolute atomic E-state index is 0.173. The zero-order valence-corrected chi connectivity index (χ0v) is 18.9. The first-order chi connectivity index (χ1) is 14.2. The summed E-state index contributed by atoms with van der Waals surface area (Å²) in [6.45, 7) is 3.29. The van der Waals surface area contributed by atoms with E-state index in [9.17, 15) is 18.0 Å². The Labute approximate surface area is 184 Å². The largest absolute Gasteiger partial charge is 0.342 e. The lowest BCUT2D eigenvalue weighted by molar-refractivity contribution is -0.130. The summed E-state index contributed by atoms with van der Waals surface area (Å²) in [5.74, 6) is 0.0315. The van der Waals surface area contributed by atoms with Crippen molar-refractivity contribution in [3.05, 3.63) is 28.0 Å². The van der Waals surface area contributed by atoms with Crippen molar-refractivity contribution < 1.29 is 18.0 Å². The van der Waals surface area contributed by atoms with Gasteiger partial charge in [0, 0.05) is 18.1 Å². The number of hydrogen-bond donors (Lipinski definition) is 0. The highest BCUT2D eigenvalue weighted by Gasteiger charge is 2.27. The van der Waals surface area contributed by atoms with Gasteiger partial charge in [0.25, 0.3) is 5.91 Å². The Morgan fingerprint density at radius 3 is 2.83 bits per heavy atom. The highest BCUT2D eigenvalue weighted by atomic mass is 35.5. The molecule has 1 atom stereocenters. The van der Waals surface area contributed by atoms with Gasteiger partial charge in [0.2, 0.25) is 5.91 Å². The second kappa shape index (κ2) is 9.33. The fourth-order valence-electron chi connectivity index (χ4n) is 3.45. The standard InChI is InChI=1S/C20H22ClN3O4S2/c1-3-8-24-16-7-6-15(21)10-17(16)29-20(24)22-18(25)12-30(27,28)13-19(26)23-9-4-5-14(2)11-23/h1,6-7,10,14H,4-5,8-9,11-13H2,2H3. The van der Waals surface area contributed by atoms with Gasteiger partial charge in [-0.1, -0.05) is 35.8 Å². The van der Waals surface area contributed by atoms with Gasteiger partial charge < -0.3 is 9.47 Å². The predicted molar refractivity (Wildman–Crippen MR) is 118 cm³/mol. The number of thiazole rings is 1. The minimum Gasteiger partial charge on any atom is -0.342 e. The van der Waals surface area contributed by atoms with Crippen LogP contribution in [0.5, 0.6) is 0 Å². The Kier molecular flexibility index (Phi) is 7.01. The van der Waals surface area contributed by atoms with E-state index in [-0.39, 0.29) is 6.54 Å². The maximum atomic E-state index is 12.4. The molecule has 2 aromatic rings. The van der Waals surface area contributed by atoms with Gasteiger partial charge in [0.1, 0.15) is 11.5 Å². The SMILES string of the molecule is C#CCn1c(=NC(=O)CS(=O)(=O)CC(=O)N2CCCC(C)C2)sc2cc(Cl)ccc21. The first kappa shape index (κ1) is 22.5. The van der Waals surface area contributed by atoms with Crippen molar-refractivity contribution in [3.8, 4) is 12.3 Å². The molecule has 7 nitrogen and oxygen atoms in total. The Hall–Kier alpha value is -2.15. The van der Waals surface area contributed by atoms with E-state index in [0.29, 0.717) is 28.8 Å². The van der Waals surface area contributed by atoms with E-state index in [1.807, 2.05) is 6.92 Å². The van der Waals surface area contributed by atoms with Gasteiger partial charge >= 0.3 is 0 Å². The summed E-state index contributed by atoms with van der Waals surface area (Å²) in [6, 6.07) is 5.20. The van der Waals surface area contributed by atoms with Crippen LogP contribution < -0.4 is 4.80 Å². The smallest absolute Gasteiger partial charge is 0.263 e. The third-order valence-electron chi connectivity index (χ3n) is 4.81. The van der Waals surface area contributed by atoms with Gasteiger partial charge in [0.15, 0.2) is 14.6 Å². The van der Waals surface area contributed by atoms with Gasteiger partial charge in [-0.15, -0.1) is 6.42 Å². The Morgan fingerprint density at radius 1 is 1.37 bits per heavy atom. The predicted octanol–water partition coefficient (Wildman–Crippen LogP) is 2.09. The number of likely N-dealkylation sites (tertiary alicyclic amines) is 1. The van der Waals surface area contributed by atoms with E-state index in [4.69, 9.17) is 18.0 Å². The number of nitrogens with zero attached hydrogens (tertiary/aromatic N) is 3. The molecule has 1 unspecified atom stereocenters. The molecular formula is C20H22ClN3O4S2. The molecule has 0 saturated carbocycles. The van der Waals surface area contributed by atoms with Crippen molar-refractivity contribution >= 4 is 54.8 Å². The highest BCUT2D eigenvalue weighted by molar-refractivity contribution is 7.92. The van der Waals surface area contributed by atoms with E-state index < -0.39 is 33.2 Å². The monoisotopic (exact) mass is 467 g/mol. The molecular weight excluding hydrogens is 446 g/mol. The average Bonchev–Trinajstić information content (AvgIpc) is 2.97. The van der Waals surface area contributed by atoms with Crippen LogP contribution in [0.1, 0.15) is 19.8 Å². The lowest BCUT2D eigenvalue weighted by atomic mass is 10.0. The molecule has 0 N–H and O–H groups in total. The maximum absolute atomic E-state index is 12.4. The zero-order chi connectivity index (χ0) is 21.9. The molecule has 3 rings (SSSR count). The molecule has 10 heteroatoms. The molecule has 1 aliphatic rings. The number of benzene rings is 1. The van der Waals surface area contributed by atoms with Gasteiger partial charge in [0.05, 0.1) is 16.8 Å². The van der Waals surface area contributed by atoms with Crippen molar-refractivity contribution in [2.75, 3.05) is 24.6 Å². The molecule has 0 spiro atoms. The summed E-state index contributed by atoms with van der Waals surface area (Å²) < 4.78 is 27.3. The summed E-state index contributed by atoms with van der Waals surface area (Å²) in [4.78, 5) is 30.6. The second-order valence-corrected chi connectivity index (χ2v) is 10.9. The van der Waals surface area contributed by atoms with Crippen LogP contribution in [-0.2, 0) is 26.0 Å². The maximum Gasteiger partial charge on any atom is 0.263 e. The van der Waals surface area contributed by atoms with Crippen LogP contribution in [0.2, 0.25) is 5.02 Å². The fraction of sp³-hybridized carbons (Fsp3) is 0.450. The number of carbonyl (C=O) groups excluding carboxylic acids is 2.